The first-order chi connectivity index (χ1) is 15.1. The summed E-state index contributed by atoms with van der Waals surface area (Å²) in [6.45, 7) is 3.66. The summed E-state index contributed by atoms with van der Waals surface area (Å²) in [6.07, 6.45) is 3.75. The molecule has 0 spiro atoms. The number of aryl methyl sites for hydroxylation is 1. The van der Waals surface area contributed by atoms with Crippen LogP contribution in [0.15, 0.2) is 60.2 Å². The summed E-state index contributed by atoms with van der Waals surface area (Å²) in [5.41, 5.74) is 3.43. The van der Waals surface area contributed by atoms with Gasteiger partial charge in [-0.15, -0.1) is 11.3 Å². The van der Waals surface area contributed by atoms with Crippen molar-refractivity contribution in [1.29, 1.82) is 0 Å². The van der Waals surface area contributed by atoms with E-state index < -0.39 is 5.97 Å². The molecular weight excluding hydrogens is 414 g/mol. The summed E-state index contributed by atoms with van der Waals surface area (Å²) in [6, 6.07) is 13.1. The van der Waals surface area contributed by atoms with Gasteiger partial charge in [0.25, 0.3) is 5.91 Å². The number of esters is 1. The van der Waals surface area contributed by atoms with Crippen LogP contribution in [-0.2, 0) is 9.53 Å². The van der Waals surface area contributed by atoms with Crippen LogP contribution < -0.4 is 10.1 Å². The van der Waals surface area contributed by atoms with Gasteiger partial charge >= 0.3 is 5.97 Å². The number of amides is 1. The van der Waals surface area contributed by atoms with E-state index in [1.807, 2.05) is 65.5 Å². The highest BCUT2D eigenvalue weighted by Crippen LogP contribution is 2.36. The molecule has 0 radical (unpaired) electrons. The molecule has 158 valence electrons. The molecule has 3 heterocycles. The van der Waals surface area contributed by atoms with E-state index >= 15 is 0 Å². The number of thiophene rings is 1. The number of benzene rings is 1. The van der Waals surface area contributed by atoms with E-state index in [9.17, 15) is 9.59 Å². The number of carbonyl (C=O) groups is 2. The Morgan fingerprint density at radius 3 is 2.74 bits per heavy atom. The molecule has 0 aliphatic rings. The third kappa shape index (κ3) is 4.44. The number of fused-ring (bicyclic) bond motifs is 1. The number of rotatable bonds is 7. The molecule has 0 saturated carbocycles. The lowest BCUT2D eigenvalue weighted by Gasteiger charge is -2.10. The molecule has 0 atom stereocenters. The largest absolute Gasteiger partial charge is 0.480 e. The van der Waals surface area contributed by atoms with Crippen LogP contribution >= 0.6 is 11.3 Å². The third-order valence-electron chi connectivity index (χ3n) is 4.53. The Labute approximate surface area is 183 Å². The smallest absolute Gasteiger partial charge is 0.341 e. The first kappa shape index (κ1) is 20.6. The van der Waals surface area contributed by atoms with E-state index in [0.717, 1.165) is 16.8 Å². The Hall–Kier alpha value is -3.65. The molecule has 8 heteroatoms. The molecule has 0 bridgehead atoms. The number of ether oxygens (including phenoxy) is 2. The van der Waals surface area contributed by atoms with E-state index in [2.05, 4.69) is 10.3 Å². The monoisotopic (exact) mass is 435 g/mol. The van der Waals surface area contributed by atoms with Crippen LogP contribution in [0.2, 0.25) is 0 Å². The molecule has 31 heavy (non-hydrogen) atoms. The van der Waals surface area contributed by atoms with Gasteiger partial charge < -0.3 is 19.2 Å². The van der Waals surface area contributed by atoms with Crippen LogP contribution in [0.4, 0.5) is 5.00 Å². The van der Waals surface area contributed by atoms with E-state index in [1.165, 1.54) is 11.3 Å². The van der Waals surface area contributed by atoms with E-state index in [-0.39, 0.29) is 19.1 Å². The third-order valence-corrected chi connectivity index (χ3v) is 5.43. The first-order valence-corrected chi connectivity index (χ1v) is 10.7. The van der Waals surface area contributed by atoms with Gasteiger partial charge in [0.05, 0.1) is 12.3 Å². The molecule has 1 aromatic carbocycles. The van der Waals surface area contributed by atoms with E-state index in [1.54, 1.807) is 13.0 Å². The summed E-state index contributed by atoms with van der Waals surface area (Å²) < 4.78 is 12.8. The molecule has 1 N–H and O–H groups in total. The van der Waals surface area contributed by atoms with Gasteiger partial charge in [-0.2, -0.15) is 0 Å². The average molecular weight is 436 g/mol. The van der Waals surface area contributed by atoms with Crippen molar-refractivity contribution in [2.24, 2.45) is 0 Å². The minimum Gasteiger partial charge on any atom is -0.480 e. The summed E-state index contributed by atoms with van der Waals surface area (Å²) in [5, 5.41) is 5.06. The molecule has 3 aromatic heterocycles. The minimum absolute atomic E-state index is 0.216. The molecule has 0 aliphatic heterocycles. The lowest BCUT2D eigenvalue weighted by Crippen LogP contribution is -2.21. The number of hydrogen-bond acceptors (Lipinski definition) is 6. The molecule has 0 aliphatic carbocycles. The van der Waals surface area contributed by atoms with Gasteiger partial charge in [-0.1, -0.05) is 30.3 Å². The Kier molecular flexibility index (Phi) is 5.99. The SMILES string of the molecule is CCOC(=O)c1c(-c2ccccc2)csc1NC(=O)COc1cccn2cc(C)nc12. The average Bonchev–Trinajstić information content (AvgIpc) is 3.36. The van der Waals surface area contributed by atoms with Crippen LogP contribution in [0, 0.1) is 6.92 Å². The quantitative estimate of drug-likeness (QED) is 0.430. The van der Waals surface area contributed by atoms with Gasteiger partial charge in [0.15, 0.2) is 18.0 Å². The maximum atomic E-state index is 12.6. The van der Waals surface area contributed by atoms with Crippen LogP contribution in [0.25, 0.3) is 16.8 Å². The Balaban J connectivity index is 1.53. The number of hydrogen-bond donors (Lipinski definition) is 1. The number of pyridine rings is 1. The van der Waals surface area contributed by atoms with E-state index in [0.29, 0.717) is 22.0 Å². The number of nitrogens with zero attached hydrogens (tertiary/aromatic N) is 2. The molecule has 4 rings (SSSR count). The van der Waals surface area contributed by atoms with Gasteiger partial charge in [0.1, 0.15) is 10.6 Å². The number of carbonyl (C=O) groups excluding carboxylic acids is 2. The number of aromatic nitrogens is 2. The number of imidazole rings is 1. The highest BCUT2D eigenvalue weighted by Gasteiger charge is 2.23. The highest BCUT2D eigenvalue weighted by molar-refractivity contribution is 7.15. The summed E-state index contributed by atoms with van der Waals surface area (Å²) in [4.78, 5) is 29.6. The molecule has 0 fully saturated rings. The molecule has 0 saturated heterocycles. The first-order valence-electron chi connectivity index (χ1n) is 9.77. The zero-order valence-electron chi connectivity index (χ0n) is 17.1. The van der Waals surface area contributed by atoms with Crippen molar-refractivity contribution in [3.63, 3.8) is 0 Å². The predicted octanol–water partition coefficient (Wildman–Crippen LogP) is 4.57. The summed E-state index contributed by atoms with van der Waals surface area (Å²) in [7, 11) is 0. The minimum atomic E-state index is -0.476. The van der Waals surface area contributed by atoms with Gasteiger partial charge in [-0.05, 0) is 31.5 Å². The number of anilines is 1. The lowest BCUT2D eigenvalue weighted by molar-refractivity contribution is -0.118. The Morgan fingerprint density at radius 1 is 1.16 bits per heavy atom. The molecule has 1 amide bonds. The van der Waals surface area contributed by atoms with Crippen molar-refractivity contribution < 1.29 is 19.1 Å². The predicted molar refractivity (Wildman–Crippen MR) is 120 cm³/mol. The lowest BCUT2D eigenvalue weighted by atomic mass is 10.0. The second kappa shape index (κ2) is 9.01. The van der Waals surface area contributed by atoms with Crippen LogP contribution in [0.3, 0.4) is 0 Å². The van der Waals surface area contributed by atoms with Crippen LogP contribution in [0.1, 0.15) is 23.0 Å². The standard InChI is InChI=1S/C23H21N3O4S/c1-3-29-23(28)20-17(16-8-5-4-6-9-16)14-31-22(20)25-19(27)13-30-18-10-7-11-26-12-15(2)24-21(18)26/h4-12,14H,3,13H2,1-2H3,(H,25,27). The van der Waals surface area contributed by atoms with Crippen molar-refractivity contribution in [2.45, 2.75) is 13.8 Å². The summed E-state index contributed by atoms with van der Waals surface area (Å²) in [5.74, 6) is -0.346. The fourth-order valence-corrected chi connectivity index (χ4v) is 4.19. The van der Waals surface area contributed by atoms with Gasteiger partial charge in [0, 0.05) is 23.3 Å². The fraction of sp³-hybridized carbons (Fsp3) is 0.174. The van der Waals surface area contributed by atoms with E-state index in [4.69, 9.17) is 9.47 Å². The highest BCUT2D eigenvalue weighted by atomic mass is 32.1. The molecule has 4 aromatic rings. The molecule has 7 nitrogen and oxygen atoms in total. The second-order valence-corrected chi connectivity index (χ2v) is 7.64. The topological polar surface area (TPSA) is 81.9 Å². The Morgan fingerprint density at radius 2 is 1.97 bits per heavy atom. The van der Waals surface area contributed by atoms with Gasteiger partial charge in [-0.3, -0.25) is 4.79 Å². The van der Waals surface area contributed by atoms with Crippen molar-refractivity contribution in [2.75, 3.05) is 18.5 Å². The number of nitrogens with one attached hydrogen (secondary N) is 1. The van der Waals surface area contributed by atoms with Crippen molar-refractivity contribution in [1.82, 2.24) is 9.38 Å². The maximum absolute atomic E-state index is 12.6. The fourth-order valence-electron chi connectivity index (χ4n) is 3.21. The maximum Gasteiger partial charge on any atom is 0.341 e. The Bertz CT molecular complexity index is 1230. The normalized spacial score (nSPS) is 10.8. The molecule has 0 unspecified atom stereocenters. The zero-order valence-corrected chi connectivity index (χ0v) is 17.9. The van der Waals surface area contributed by atoms with Crippen molar-refractivity contribution in [3.8, 4) is 16.9 Å². The van der Waals surface area contributed by atoms with Crippen LogP contribution in [-0.4, -0.2) is 34.5 Å². The zero-order chi connectivity index (χ0) is 21.8. The molecular formula is C23H21N3O4S. The summed E-state index contributed by atoms with van der Waals surface area (Å²) >= 11 is 1.28. The van der Waals surface area contributed by atoms with Crippen LogP contribution in [0.5, 0.6) is 5.75 Å². The van der Waals surface area contributed by atoms with Crippen molar-refractivity contribution >= 4 is 33.9 Å². The van der Waals surface area contributed by atoms with Gasteiger partial charge in [-0.25, -0.2) is 9.78 Å². The van der Waals surface area contributed by atoms with Gasteiger partial charge in [0.2, 0.25) is 0 Å². The van der Waals surface area contributed by atoms with Crippen molar-refractivity contribution in [3.05, 3.63) is 71.5 Å². The second-order valence-electron chi connectivity index (χ2n) is 6.76.